The van der Waals surface area contributed by atoms with Crippen LogP contribution in [0.25, 0.3) is 10.9 Å². The van der Waals surface area contributed by atoms with Gasteiger partial charge in [-0.15, -0.1) is 0 Å². The maximum absolute atomic E-state index is 12.6. The van der Waals surface area contributed by atoms with Crippen LogP contribution in [0.4, 0.5) is 0 Å². The van der Waals surface area contributed by atoms with E-state index in [0.29, 0.717) is 25.9 Å². The average Bonchev–Trinajstić information content (AvgIpc) is 3.04. The van der Waals surface area contributed by atoms with Gasteiger partial charge >= 0.3 is 0 Å². The summed E-state index contributed by atoms with van der Waals surface area (Å²) in [4.78, 5) is 41.3. The number of nitrogens with zero attached hydrogens (tertiary/aromatic N) is 3. The second-order valence-electron chi connectivity index (χ2n) is 6.82. The fourth-order valence-corrected chi connectivity index (χ4v) is 3.30. The molecule has 3 amide bonds. The molecule has 0 aromatic carbocycles. The lowest BCUT2D eigenvalue weighted by atomic mass is 10.0. The molecule has 3 heterocycles. The van der Waals surface area contributed by atoms with Crippen LogP contribution in [0.15, 0.2) is 30.7 Å². The maximum Gasteiger partial charge on any atom is 0.242 e. The van der Waals surface area contributed by atoms with E-state index < -0.39 is 11.9 Å². The van der Waals surface area contributed by atoms with Crippen LogP contribution in [0.5, 0.6) is 0 Å². The first-order chi connectivity index (χ1) is 12.9. The molecule has 9 heteroatoms. The third-order valence-corrected chi connectivity index (χ3v) is 4.83. The first kappa shape index (κ1) is 18.8. The predicted molar refractivity (Wildman–Crippen MR) is 99.3 cm³/mol. The molecule has 0 aliphatic carbocycles. The Balaban J connectivity index is 1.49. The number of carbonyl (C=O) groups excluding carboxylic acids is 3. The van der Waals surface area contributed by atoms with Crippen molar-refractivity contribution in [2.75, 3.05) is 13.1 Å². The molecule has 0 bridgehead atoms. The molecule has 2 aromatic rings. The van der Waals surface area contributed by atoms with Crippen LogP contribution in [0.3, 0.4) is 0 Å². The Hall–Kier alpha value is -2.94. The number of nitrogens with two attached hydrogens (primary N) is 2. The molecule has 144 valence electrons. The quantitative estimate of drug-likeness (QED) is 0.619. The number of pyridine rings is 1. The van der Waals surface area contributed by atoms with Gasteiger partial charge in [-0.25, -0.2) is 0 Å². The molecule has 5 N–H and O–H groups in total. The van der Waals surface area contributed by atoms with Gasteiger partial charge in [-0.3, -0.25) is 19.4 Å². The highest BCUT2D eigenvalue weighted by atomic mass is 16.2. The van der Waals surface area contributed by atoms with Crippen LogP contribution in [0.2, 0.25) is 0 Å². The zero-order valence-electron chi connectivity index (χ0n) is 15.0. The van der Waals surface area contributed by atoms with Gasteiger partial charge in [0.2, 0.25) is 17.7 Å². The monoisotopic (exact) mass is 372 g/mol. The third kappa shape index (κ3) is 4.62. The van der Waals surface area contributed by atoms with Crippen molar-refractivity contribution >= 4 is 28.6 Å². The van der Waals surface area contributed by atoms with Crippen LogP contribution in [0.1, 0.15) is 19.3 Å². The molecule has 0 spiro atoms. The van der Waals surface area contributed by atoms with Gasteiger partial charge in [-0.05, 0) is 25.0 Å². The first-order valence-corrected chi connectivity index (χ1v) is 8.95. The van der Waals surface area contributed by atoms with E-state index in [1.165, 1.54) is 0 Å². The van der Waals surface area contributed by atoms with E-state index >= 15 is 0 Å². The lowest BCUT2D eigenvalue weighted by Crippen LogP contribution is -2.51. The Morgan fingerprint density at radius 1 is 1.26 bits per heavy atom. The second kappa shape index (κ2) is 8.17. The Labute approximate surface area is 156 Å². The zero-order chi connectivity index (χ0) is 19.4. The van der Waals surface area contributed by atoms with Crippen molar-refractivity contribution in [3.63, 3.8) is 0 Å². The predicted octanol–water partition coefficient (Wildman–Crippen LogP) is -0.654. The number of amides is 3. The van der Waals surface area contributed by atoms with E-state index in [0.717, 1.165) is 10.9 Å². The Kier molecular flexibility index (Phi) is 5.70. The maximum atomic E-state index is 12.6. The van der Waals surface area contributed by atoms with Gasteiger partial charge in [0, 0.05) is 36.9 Å². The van der Waals surface area contributed by atoms with Gasteiger partial charge < -0.3 is 26.3 Å². The second-order valence-corrected chi connectivity index (χ2v) is 6.82. The van der Waals surface area contributed by atoms with Gasteiger partial charge in [-0.1, -0.05) is 0 Å². The number of hydrogen-bond donors (Lipinski definition) is 3. The summed E-state index contributed by atoms with van der Waals surface area (Å²) < 4.78 is 1.89. The van der Waals surface area contributed by atoms with Crippen molar-refractivity contribution in [3.05, 3.63) is 30.7 Å². The fraction of sp³-hybridized carbons (Fsp3) is 0.444. The fourth-order valence-electron chi connectivity index (χ4n) is 3.30. The number of hydrogen-bond acceptors (Lipinski definition) is 5. The lowest BCUT2D eigenvalue weighted by Gasteiger charge is -2.33. The first-order valence-electron chi connectivity index (χ1n) is 8.95. The molecule has 0 unspecified atom stereocenters. The van der Waals surface area contributed by atoms with Crippen molar-refractivity contribution in [3.8, 4) is 0 Å². The van der Waals surface area contributed by atoms with Crippen LogP contribution in [0, 0.1) is 0 Å². The number of nitrogens with one attached hydrogen (secondary N) is 1. The zero-order valence-corrected chi connectivity index (χ0v) is 15.0. The number of likely N-dealkylation sites (tertiary alicyclic amines) is 1. The van der Waals surface area contributed by atoms with Crippen molar-refractivity contribution < 1.29 is 14.4 Å². The van der Waals surface area contributed by atoms with Gasteiger partial charge in [0.1, 0.15) is 6.54 Å². The van der Waals surface area contributed by atoms with Gasteiger partial charge in [0.25, 0.3) is 0 Å². The minimum absolute atomic E-state index is 0.0339. The Morgan fingerprint density at radius 2 is 2.00 bits per heavy atom. The highest BCUT2D eigenvalue weighted by Crippen LogP contribution is 2.16. The summed E-state index contributed by atoms with van der Waals surface area (Å²) in [6.07, 6.45) is 6.48. The van der Waals surface area contributed by atoms with E-state index in [1.807, 2.05) is 22.9 Å². The topological polar surface area (TPSA) is 136 Å². The van der Waals surface area contributed by atoms with Crippen LogP contribution >= 0.6 is 0 Å². The molecule has 3 rings (SSSR count). The molecule has 1 aliphatic rings. The summed E-state index contributed by atoms with van der Waals surface area (Å²) in [5.74, 6) is -0.956. The summed E-state index contributed by atoms with van der Waals surface area (Å²) in [7, 11) is 0. The number of primary amides is 1. The van der Waals surface area contributed by atoms with Crippen LogP contribution in [-0.2, 0) is 20.9 Å². The average molecular weight is 372 g/mol. The molecule has 1 aliphatic heterocycles. The Bertz CT molecular complexity index is 840. The Morgan fingerprint density at radius 3 is 2.70 bits per heavy atom. The molecule has 2 aromatic heterocycles. The third-order valence-electron chi connectivity index (χ3n) is 4.83. The van der Waals surface area contributed by atoms with Crippen molar-refractivity contribution in [2.45, 2.75) is 37.9 Å². The highest BCUT2D eigenvalue weighted by molar-refractivity contribution is 5.87. The number of fused-ring (bicyclic) bond motifs is 1. The lowest BCUT2D eigenvalue weighted by molar-refractivity contribution is -0.133. The van der Waals surface area contributed by atoms with Crippen LogP contribution in [-0.4, -0.2) is 57.3 Å². The highest BCUT2D eigenvalue weighted by Gasteiger charge is 2.26. The normalized spacial score (nSPS) is 16.3. The summed E-state index contributed by atoms with van der Waals surface area (Å²) in [5.41, 5.74) is 11.6. The van der Waals surface area contributed by atoms with E-state index in [2.05, 4.69) is 10.3 Å². The smallest absolute Gasteiger partial charge is 0.242 e. The van der Waals surface area contributed by atoms with Gasteiger partial charge in [-0.2, -0.15) is 0 Å². The molecular weight excluding hydrogens is 348 g/mol. The number of aromatic nitrogens is 2. The molecule has 0 radical (unpaired) electrons. The number of carbonyl (C=O) groups is 3. The summed E-state index contributed by atoms with van der Waals surface area (Å²) in [6.45, 7) is 1.38. The number of piperidine rings is 1. The van der Waals surface area contributed by atoms with E-state index in [-0.39, 0.29) is 30.8 Å². The molecule has 9 nitrogen and oxygen atoms in total. The summed E-state index contributed by atoms with van der Waals surface area (Å²) >= 11 is 0. The SMILES string of the molecule is NC(=O)C[C@H](N)C(=O)NC1CCN(C(=O)Cn2ccc3ccncc32)CC1. The molecule has 1 fully saturated rings. The molecule has 1 atom stereocenters. The number of rotatable bonds is 6. The summed E-state index contributed by atoms with van der Waals surface area (Å²) in [6, 6.07) is 2.88. The molecular formula is C18H24N6O3. The molecule has 27 heavy (non-hydrogen) atoms. The standard InChI is InChI=1S/C18H24N6O3/c19-14(9-16(20)25)18(27)22-13-3-7-23(8-4-13)17(26)11-24-6-2-12-1-5-21-10-15(12)24/h1-2,5-6,10,13-14H,3-4,7-9,11,19H2,(H2,20,25)(H,22,27)/t14-/m0/s1. The van der Waals surface area contributed by atoms with Gasteiger partial charge in [0.15, 0.2) is 0 Å². The van der Waals surface area contributed by atoms with Gasteiger partial charge in [0.05, 0.1) is 24.2 Å². The van der Waals surface area contributed by atoms with Crippen molar-refractivity contribution in [1.29, 1.82) is 0 Å². The van der Waals surface area contributed by atoms with Crippen LogP contribution < -0.4 is 16.8 Å². The van der Waals surface area contributed by atoms with E-state index in [9.17, 15) is 14.4 Å². The molecule has 1 saturated heterocycles. The molecule has 0 saturated carbocycles. The van der Waals surface area contributed by atoms with Crippen molar-refractivity contribution in [2.24, 2.45) is 11.5 Å². The van der Waals surface area contributed by atoms with Crippen molar-refractivity contribution in [1.82, 2.24) is 19.8 Å². The van der Waals surface area contributed by atoms with E-state index in [4.69, 9.17) is 11.5 Å². The largest absolute Gasteiger partial charge is 0.370 e. The minimum atomic E-state index is -0.933. The minimum Gasteiger partial charge on any atom is -0.370 e. The summed E-state index contributed by atoms with van der Waals surface area (Å²) in [5, 5.41) is 3.88. The van der Waals surface area contributed by atoms with E-state index in [1.54, 1.807) is 17.3 Å².